The molecule has 4 nitrogen and oxygen atoms in total. The second-order valence-corrected chi connectivity index (χ2v) is 5.05. The Bertz CT molecular complexity index is 643. The van der Waals surface area contributed by atoms with Gasteiger partial charge in [0.15, 0.2) is 11.0 Å². The number of halogens is 1. The second-order valence-electron chi connectivity index (χ2n) is 4.69. The molecule has 1 aliphatic heterocycles. The number of rotatable bonds is 2. The van der Waals surface area contributed by atoms with E-state index in [0.717, 1.165) is 22.6 Å². The van der Waals surface area contributed by atoms with Gasteiger partial charge in [-0.15, -0.1) is 10.2 Å². The summed E-state index contributed by atoms with van der Waals surface area (Å²) in [6, 6.07) is 6.20. The lowest BCUT2D eigenvalue weighted by molar-refractivity contribution is 0.134. The quantitative estimate of drug-likeness (QED) is 0.911. The van der Waals surface area contributed by atoms with E-state index in [1.807, 2.05) is 19.9 Å². The predicted octanol–water partition coefficient (Wildman–Crippen LogP) is 3.52. The summed E-state index contributed by atoms with van der Waals surface area (Å²) >= 11 is 5.95. The fraction of sp³-hybridized carbons (Fsp3) is 0.286. The predicted molar refractivity (Wildman–Crippen MR) is 74.7 cm³/mol. The minimum absolute atomic E-state index is 0.449. The van der Waals surface area contributed by atoms with Gasteiger partial charge in [-0.2, -0.15) is 0 Å². The maximum Gasteiger partial charge on any atom is 0.156 e. The molecule has 2 heterocycles. The molecule has 19 heavy (non-hydrogen) atoms. The molecule has 1 aromatic heterocycles. The molecule has 1 N–H and O–H groups in total. The molecule has 0 amide bonds. The van der Waals surface area contributed by atoms with E-state index < -0.39 is 0 Å². The summed E-state index contributed by atoms with van der Waals surface area (Å²) in [5.74, 6) is 0.737. The molecule has 0 atom stereocenters. The molecule has 1 aliphatic rings. The van der Waals surface area contributed by atoms with Gasteiger partial charge in [-0.05, 0) is 48.2 Å². The maximum atomic E-state index is 5.95. The zero-order valence-electron chi connectivity index (χ0n) is 10.8. The molecule has 2 aromatic rings. The average Bonchev–Trinajstić information content (AvgIpc) is 2.87. The summed E-state index contributed by atoms with van der Waals surface area (Å²) in [6.45, 7) is 5.30. The highest BCUT2D eigenvalue weighted by atomic mass is 35.5. The fourth-order valence-electron chi connectivity index (χ4n) is 2.08. The van der Waals surface area contributed by atoms with Gasteiger partial charge in [0.1, 0.15) is 0 Å². The van der Waals surface area contributed by atoms with Gasteiger partial charge in [-0.25, -0.2) is 0 Å². The van der Waals surface area contributed by atoms with Crippen LogP contribution in [-0.4, -0.2) is 10.2 Å². The molecule has 1 aromatic carbocycles. The lowest BCUT2D eigenvalue weighted by Gasteiger charge is -2.11. The van der Waals surface area contributed by atoms with Crippen LogP contribution in [0.4, 0.5) is 11.5 Å². The number of nitrogens with one attached hydrogen (secondary N) is 1. The summed E-state index contributed by atoms with van der Waals surface area (Å²) in [6.07, 6.45) is 0. The lowest BCUT2D eigenvalue weighted by Crippen LogP contribution is -2.01. The maximum absolute atomic E-state index is 5.95. The number of ether oxygens (including phenoxy) is 1. The highest BCUT2D eigenvalue weighted by Crippen LogP contribution is 2.27. The van der Waals surface area contributed by atoms with Gasteiger partial charge in [0.05, 0.1) is 13.2 Å². The van der Waals surface area contributed by atoms with Crippen molar-refractivity contribution in [2.24, 2.45) is 0 Å². The fourth-order valence-corrected chi connectivity index (χ4v) is 2.26. The molecule has 0 aliphatic carbocycles. The van der Waals surface area contributed by atoms with E-state index >= 15 is 0 Å². The largest absolute Gasteiger partial charge is 0.372 e. The van der Waals surface area contributed by atoms with Crippen LogP contribution in [0.15, 0.2) is 18.2 Å². The van der Waals surface area contributed by atoms with E-state index in [4.69, 9.17) is 16.3 Å². The molecule has 0 fully saturated rings. The van der Waals surface area contributed by atoms with E-state index in [9.17, 15) is 0 Å². The Morgan fingerprint density at radius 2 is 1.89 bits per heavy atom. The third-order valence-electron chi connectivity index (χ3n) is 3.45. The first-order valence-electron chi connectivity index (χ1n) is 6.11. The molecule has 0 spiro atoms. The first-order valence-corrected chi connectivity index (χ1v) is 6.49. The normalized spacial score (nSPS) is 13.4. The monoisotopic (exact) mass is 275 g/mol. The van der Waals surface area contributed by atoms with Crippen molar-refractivity contribution in [1.82, 2.24) is 10.2 Å². The Kier molecular flexibility index (Phi) is 3.12. The standard InChI is InChI=1S/C14H14ClN3O/c1-8-9(2)14(18-17-13(8)15)16-12-4-3-10-6-19-7-11(10)5-12/h3-5H,6-7H2,1-2H3,(H,16,18). The number of hydrogen-bond donors (Lipinski definition) is 1. The molecule has 0 radical (unpaired) electrons. The van der Waals surface area contributed by atoms with Gasteiger partial charge < -0.3 is 10.1 Å². The van der Waals surface area contributed by atoms with E-state index in [0.29, 0.717) is 18.4 Å². The summed E-state index contributed by atoms with van der Waals surface area (Å²) in [4.78, 5) is 0. The summed E-state index contributed by atoms with van der Waals surface area (Å²) < 4.78 is 5.41. The number of anilines is 2. The summed E-state index contributed by atoms with van der Waals surface area (Å²) in [7, 11) is 0. The topological polar surface area (TPSA) is 47.0 Å². The van der Waals surface area contributed by atoms with Gasteiger partial charge in [0, 0.05) is 5.69 Å². The van der Waals surface area contributed by atoms with Gasteiger partial charge in [0.25, 0.3) is 0 Å². The summed E-state index contributed by atoms with van der Waals surface area (Å²) in [5.41, 5.74) is 5.42. The van der Waals surface area contributed by atoms with Crippen LogP contribution >= 0.6 is 11.6 Å². The number of nitrogens with zero attached hydrogens (tertiary/aromatic N) is 2. The average molecular weight is 276 g/mol. The molecule has 0 saturated carbocycles. The summed E-state index contributed by atoms with van der Waals surface area (Å²) in [5, 5.41) is 11.8. The van der Waals surface area contributed by atoms with E-state index in [-0.39, 0.29) is 0 Å². The molecule has 98 valence electrons. The Labute approximate surface area is 116 Å². The van der Waals surface area contributed by atoms with Crippen molar-refractivity contribution in [1.29, 1.82) is 0 Å². The van der Waals surface area contributed by atoms with Crippen molar-refractivity contribution in [3.63, 3.8) is 0 Å². The van der Waals surface area contributed by atoms with Crippen LogP contribution in [-0.2, 0) is 18.0 Å². The number of fused-ring (bicyclic) bond motifs is 1. The van der Waals surface area contributed by atoms with Gasteiger partial charge in [-0.1, -0.05) is 17.7 Å². The van der Waals surface area contributed by atoms with E-state index in [2.05, 4.69) is 27.6 Å². The van der Waals surface area contributed by atoms with Crippen molar-refractivity contribution in [3.8, 4) is 0 Å². The van der Waals surface area contributed by atoms with Gasteiger partial charge in [-0.3, -0.25) is 0 Å². The molecular formula is C14H14ClN3O. The minimum Gasteiger partial charge on any atom is -0.372 e. The van der Waals surface area contributed by atoms with Crippen molar-refractivity contribution in [3.05, 3.63) is 45.6 Å². The van der Waals surface area contributed by atoms with Gasteiger partial charge in [0.2, 0.25) is 0 Å². The first-order chi connectivity index (χ1) is 9.15. The number of hydrogen-bond acceptors (Lipinski definition) is 4. The van der Waals surface area contributed by atoms with E-state index in [1.165, 1.54) is 11.1 Å². The Morgan fingerprint density at radius 1 is 1.11 bits per heavy atom. The van der Waals surface area contributed by atoms with Crippen LogP contribution < -0.4 is 5.32 Å². The SMILES string of the molecule is Cc1c(Cl)nnc(Nc2ccc3c(c2)COC3)c1C. The van der Waals surface area contributed by atoms with Crippen molar-refractivity contribution < 1.29 is 4.74 Å². The Morgan fingerprint density at radius 3 is 2.74 bits per heavy atom. The van der Waals surface area contributed by atoms with Gasteiger partial charge >= 0.3 is 0 Å². The van der Waals surface area contributed by atoms with Crippen molar-refractivity contribution in [2.45, 2.75) is 27.1 Å². The third kappa shape index (κ3) is 2.29. The highest BCUT2D eigenvalue weighted by molar-refractivity contribution is 6.30. The first kappa shape index (κ1) is 12.4. The molecular weight excluding hydrogens is 262 g/mol. The van der Waals surface area contributed by atoms with Crippen LogP contribution in [0.2, 0.25) is 5.15 Å². The second kappa shape index (κ2) is 4.79. The van der Waals surface area contributed by atoms with Crippen molar-refractivity contribution in [2.75, 3.05) is 5.32 Å². The minimum atomic E-state index is 0.449. The van der Waals surface area contributed by atoms with Crippen LogP contribution in [0.5, 0.6) is 0 Å². The van der Waals surface area contributed by atoms with E-state index in [1.54, 1.807) is 0 Å². The van der Waals surface area contributed by atoms with Crippen molar-refractivity contribution >= 4 is 23.1 Å². The molecule has 0 saturated heterocycles. The van der Waals surface area contributed by atoms with Crippen LogP contribution in [0, 0.1) is 13.8 Å². The Hall–Kier alpha value is -1.65. The zero-order chi connectivity index (χ0) is 13.4. The molecule has 5 heteroatoms. The third-order valence-corrected chi connectivity index (χ3v) is 3.81. The molecule has 0 bridgehead atoms. The lowest BCUT2D eigenvalue weighted by atomic mass is 10.1. The molecule has 0 unspecified atom stereocenters. The smallest absolute Gasteiger partial charge is 0.156 e. The van der Waals surface area contributed by atoms with Crippen LogP contribution in [0.3, 0.4) is 0 Å². The zero-order valence-corrected chi connectivity index (χ0v) is 11.6. The number of benzene rings is 1. The van der Waals surface area contributed by atoms with Crippen LogP contribution in [0.25, 0.3) is 0 Å². The Balaban J connectivity index is 1.91. The van der Waals surface area contributed by atoms with Crippen LogP contribution in [0.1, 0.15) is 22.3 Å². The highest BCUT2D eigenvalue weighted by Gasteiger charge is 2.13. The molecule has 3 rings (SSSR count). The number of aromatic nitrogens is 2.